The quantitative estimate of drug-likeness (QED) is 0.547. The predicted octanol–water partition coefficient (Wildman–Crippen LogP) is 4.28. The van der Waals surface area contributed by atoms with E-state index in [2.05, 4.69) is 27.8 Å². The van der Waals surface area contributed by atoms with E-state index in [4.69, 9.17) is 4.74 Å². The maximum Gasteiger partial charge on any atom is 0.255 e. The van der Waals surface area contributed by atoms with Crippen molar-refractivity contribution in [1.82, 2.24) is 15.0 Å². The molecule has 0 saturated heterocycles. The monoisotopic (exact) mass is 396 g/mol. The van der Waals surface area contributed by atoms with E-state index in [-0.39, 0.29) is 5.91 Å². The van der Waals surface area contributed by atoms with Gasteiger partial charge in [-0.15, -0.1) is 5.10 Å². The minimum Gasteiger partial charge on any atom is -0.372 e. The molecule has 1 aliphatic rings. The molecular formula is C24H20N4O2. The Morgan fingerprint density at radius 3 is 2.73 bits per heavy atom. The second kappa shape index (κ2) is 7.93. The van der Waals surface area contributed by atoms with Crippen molar-refractivity contribution in [3.8, 4) is 11.3 Å². The molecule has 0 saturated carbocycles. The number of anilines is 1. The molecule has 2 heterocycles. The van der Waals surface area contributed by atoms with Gasteiger partial charge in [-0.05, 0) is 41.0 Å². The number of benzene rings is 3. The van der Waals surface area contributed by atoms with Gasteiger partial charge >= 0.3 is 0 Å². The summed E-state index contributed by atoms with van der Waals surface area (Å²) in [6.45, 7) is 1.83. The molecule has 1 N–H and O–H groups in total. The number of nitrogens with one attached hydrogen (secondary N) is 1. The summed E-state index contributed by atoms with van der Waals surface area (Å²) >= 11 is 0. The fourth-order valence-electron chi connectivity index (χ4n) is 3.55. The molecule has 0 unspecified atom stereocenters. The number of hydrogen-bond donors (Lipinski definition) is 1. The van der Waals surface area contributed by atoms with Gasteiger partial charge < -0.3 is 10.1 Å². The van der Waals surface area contributed by atoms with Crippen LogP contribution in [-0.4, -0.2) is 20.9 Å². The maximum absolute atomic E-state index is 12.7. The van der Waals surface area contributed by atoms with Crippen molar-refractivity contribution in [3.05, 3.63) is 101 Å². The van der Waals surface area contributed by atoms with Gasteiger partial charge in [0.25, 0.3) is 5.91 Å². The first kappa shape index (κ1) is 18.3. The Morgan fingerprint density at radius 2 is 1.83 bits per heavy atom. The smallest absolute Gasteiger partial charge is 0.255 e. The Hall–Kier alpha value is -3.77. The van der Waals surface area contributed by atoms with Gasteiger partial charge in [0.2, 0.25) is 0 Å². The molecule has 6 nitrogen and oxygen atoms in total. The topological polar surface area (TPSA) is 69.0 Å². The van der Waals surface area contributed by atoms with Crippen LogP contribution in [0.5, 0.6) is 0 Å². The summed E-state index contributed by atoms with van der Waals surface area (Å²) < 4.78 is 7.23. The van der Waals surface area contributed by atoms with Crippen molar-refractivity contribution in [1.29, 1.82) is 0 Å². The van der Waals surface area contributed by atoms with Gasteiger partial charge in [0.1, 0.15) is 5.69 Å². The van der Waals surface area contributed by atoms with Gasteiger partial charge in [0, 0.05) is 16.8 Å². The standard InChI is InChI=1S/C24H20N4O2/c29-24(19-9-10-20-15-30-16-21(20)11-19)25-22-8-4-7-18(12-22)23-14-28(27-26-23)13-17-5-2-1-3-6-17/h1-12,14H,13,15-16H2,(H,25,29). The average molecular weight is 396 g/mol. The predicted molar refractivity (Wildman–Crippen MR) is 114 cm³/mol. The zero-order chi connectivity index (χ0) is 20.3. The van der Waals surface area contributed by atoms with E-state index in [1.54, 1.807) is 0 Å². The number of carbonyl (C=O) groups excluding carboxylic acids is 1. The molecule has 0 radical (unpaired) electrons. The first-order valence-corrected chi connectivity index (χ1v) is 9.80. The molecule has 1 aliphatic heterocycles. The molecule has 4 aromatic rings. The molecule has 5 rings (SSSR count). The lowest BCUT2D eigenvalue weighted by atomic mass is 10.1. The van der Waals surface area contributed by atoms with Crippen molar-refractivity contribution in [2.45, 2.75) is 19.8 Å². The van der Waals surface area contributed by atoms with Crippen LogP contribution in [0.2, 0.25) is 0 Å². The summed E-state index contributed by atoms with van der Waals surface area (Å²) in [5.74, 6) is -0.144. The lowest BCUT2D eigenvalue weighted by Gasteiger charge is -2.08. The number of amides is 1. The zero-order valence-electron chi connectivity index (χ0n) is 16.3. The van der Waals surface area contributed by atoms with Crippen LogP contribution in [0.15, 0.2) is 79.0 Å². The number of fused-ring (bicyclic) bond motifs is 1. The minimum absolute atomic E-state index is 0.144. The van der Waals surface area contributed by atoms with E-state index in [1.807, 2.05) is 71.5 Å². The summed E-state index contributed by atoms with van der Waals surface area (Å²) in [6, 6.07) is 23.4. The fraction of sp³-hybridized carbons (Fsp3) is 0.125. The lowest BCUT2D eigenvalue weighted by molar-refractivity contribution is 0.102. The van der Waals surface area contributed by atoms with Crippen molar-refractivity contribution in [3.63, 3.8) is 0 Å². The van der Waals surface area contributed by atoms with Crippen LogP contribution >= 0.6 is 0 Å². The van der Waals surface area contributed by atoms with E-state index in [9.17, 15) is 4.79 Å². The molecule has 1 amide bonds. The zero-order valence-corrected chi connectivity index (χ0v) is 16.3. The average Bonchev–Trinajstić information content (AvgIpc) is 3.43. The third-order valence-electron chi connectivity index (χ3n) is 5.13. The molecule has 0 spiro atoms. The van der Waals surface area contributed by atoms with Crippen LogP contribution in [0.25, 0.3) is 11.3 Å². The Morgan fingerprint density at radius 1 is 0.967 bits per heavy atom. The first-order valence-electron chi connectivity index (χ1n) is 9.80. The van der Waals surface area contributed by atoms with E-state index in [1.165, 1.54) is 0 Å². The molecule has 3 aromatic carbocycles. The highest BCUT2D eigenvalue weighted by Gasteiger charge is 2.15. The second-order valence-corrected chi connectivity index (χ2v) is 7.30. The highest BCUT2D eigenvalue weighted by atomic mass is 16.5. The summed E-state index contributed by atoms with van der Waals surface area (Å²) in [6.07, 6.45) is 1.91. The minimum atomic E-state index is -0.144. The van der Waals surface area contributed by atoms with Crippen molar-refractivity contribution >= 4 is 11.6 Å². The molecule has 0 bridgehead atoms. The summed E-state index contributed by atoms with van der Waals surface area (Å²) in [4.78, 5) is 12.7. The Kier molecular flexibility index (Phi) is 4.83. The van der Waals surface area contributed by atoms with Crippen LogP contribution in [0.4, 0.5) is 5.69 Å². The van der Waals surface area contributed by atoms with Crippen LogP contribution < -0.4 is 5.32 Å². The number of carbonyl (C=O) groups is 1. The van der Waals surface area contributed by atoms with E-state index < -0.39 is 0 Å². The van der Waals surface area contributed by atoms with Gasteiger partial charge in [-0.1, -0.05) is 53.7 Å². The third-order valence-corrected chi connectivity index (χ3v) is 5.13. The van der Waals surface area contributed by atoms with Gasteiger partial charge in [0.15, 0.2) is 0 Å². The summed E-state index contributed by atoms with van der Waals surface area (Å²) in [5.41, 5.74) is 6.38. The number of aromatic nitrogens is 3. The van der Waals surface area contributed by atoms with Crippen molar-refractivity contribution in [2.75, 3.05) is 5.32 Å². The maximum atomic E-state index is 12.7. The Balaban J connectivity index is 1.31. The third kappa shape index (κ3) is 3.86. The van der Waals surface area contributed by atoms with Crippen LogP contribution in [0.1, 0.15) is 27.0 Å². The normalized spacial score (nSPS) is 12.5. The number of hydrogen-bond acceptors (Lipinski definition) is 4. The molecule has 0 aliphatic carbocycles. The summed E-state index contributed by atoms with van der Waals surface area (Å²) in [5, 5.41) is 11.5. The fourth-order valence-corrected chi connectivity index (χ4v) is 3.55. The van der Waals surface area contributed by atoms with E-state index in [0.29, 0.717) is 31.0 Å². The largest absolute Gasteiger partial charge is 0.372 e. The first-order chi connectivity index (χ1) is 14.7. The highest BCUT2D eigenvalue weighted by molar-refractivity contribution is 6.04. The SMILES string of the molecule is O=C(Nc1cccc(-c2cn(Cc3ccccc3)nn2)c1)c1ccc2c(c1)COC2. The highest BCUT2D eigenvalue weighted by Crippen LogP contribution is 2.23. The summed E-state index contributed by atoms with van der Waals surface area (Å²) in [7, 11) is 0. The molecule has 6 heteroatoms. The van der Waals surface area contributed by atoms with Crippen LogP contribution in [0.3, 0.4) is 0 Å². The van der Waals surface area contributed by atoms with Gasteiger partial charge in [-0.25, -0.2) is 4.68 Å². The lowest BCUT2D eigenvalue weighted by Crippen LogP contribution is -2.12. The number of ether oxygens (including phenoxy) is 1. The van der Waals surface area contributed by atoms with Crippen molar-refractivity contribution in [2.24, 2.45) is 0 Å². The molecule has 0 fully saturated rings. The van der Waals surface area contributed by atoms with Gasteiger partial charge in [-0.2, -0.15) is 0 Å². The molecule has 148 valence electrons. The van der Waals surface area contributed by atoms with Crippen molar-refractivity contribution < 1.29 is 9.53 Å². The Bertz CT molecular complexity index is 1200. The number of rotatable bonds is 5. The van der Waals surface area contributed by atoms with Gasteiger partial charge in [0.05, 0.1) is 26.0 Å². The van der Waals surface area contributed by atoms with Crippen LogP contribution in [-0.2, 0) is 24.5 Å². The number of nitrogens with zero attached hydrogens (tertiary/aromatic N) is 3. The molecular weight excluding hydrogens is 376 g/mol. The van der Waals surface area contributed by atoms with E-state index >= 15 is 0 Å². The second-order valence-electron chi connectivity index (χ2n) is 7.30. The molecule has 0 atom stereocenters. The molecule has 30 heavy (non-hydrogen) atoms. The Labute approximate surface area is 174 Å². The van der Waals surface area contributed by atoms with Gasteiger partial charge in [-0.3, -0.25) is 4.79 Å². The van der Waals surface area contributed by atoms with Crippen LogP contribution in [0, 0.1) is 0 Å². The van der Waals surface area contributed by atoms with E-state index in [0.717, 1.165) is 27.9 Å². The molecule has 1 aromatic heterocycles.